The van der Waals surface area contributed by atoms with E-state index in [0.717, 1.165) is 22.2 Å². The average molecular weight is 265 g/mol. The molecule has 4 nitrogen and oxygen atoms in total. The van der Waals surface area contributed by atoms with Gasteiger partial charge in [-0.3, -0.25) is 0 Å². The van der Waals surface area contributed by atoms with Crippen LogP contribution in [0.5, 0.6) is 5.75 Å². The molecule has 0 aliphatic rings. The highest BCUT2D eigenvalue weighted by molar-refractivity contribution is 5.88. The molecule has 20 heavy (non-hydrogen) atoms. The van der Waals surface area contributed by atoms with Crippen LogP contribution in [0.25, 0.3) is 10.8 Å². The maximum atomic E-state index is 5.83. The molecule has 3 aromatic rings. The van der Waals surface area contributed by atoms with E-state index in [1.807, 2.05) is 37.3 Å². The van der Waals surface area contributed by atoms with Crippen LogP contribution < -0.4 is 10.5 Å². The normalized spacial score (nSPS) is 10.7. The lowest BCUT2D eigenvalue weighted by molar-refractivity contribution is 0.299. The van der Waals surface area contributed by atoms with Crippen LogP contribution in [-0.4, -0.2) is 9.97 Å². The van der Waals surface area contributed by atoms with Crippen molar-refractivity contribution in [2.75, 3.05) is 5.73 Å². The molecule has 0 radical (unpaired) electrons. The number of fused-ring (bicyclic) bond motifs is 1. The third-order valence-corrected chi connectivity index (χ3v) is 3.03. The average Bonchev–Trinajstić information content (AvgIpc) is 2.44. The Kier molecular flexibility index (Phi) is 3.21. The minimum Gasteiger partial charge on any atom is -0.485 e. The molecule has 0 atom stereocenters. The van der Waals surface area contributed by atoms with Crippen LogP contribution in [0.2, 0.25) is 0 Å². The van der Waals surface area contributed by atoms with E-state index in [-0.39, 0.29) is 0 Å². The third kappa shape index (κ3) is 2.54. The molecule has 4 heteroatoms. The van der Waals surface area contributed by atoms with E-state index in [2.05, 4.69) is 22.1 Å². The van der Waals surface area contributed by atoms with E-state index in [1.165, 1.54) is 0 Å². The molecule has 0 bridgehead atoms. The minimum atomic E-state index is 0.305. The van der Waals surface area contributed by atoms with Crippen molar-refractivity contribution in [1.29, 1.82) is 0 Å². The number of hydrogen-bond acceptors (Lipinski definition) is 4. The molecule has 0 aliphatic heterocycles. The molecular weight excluding hydrogens is 250 g/mol. The number of aromatic nitrogens is 2. The highest BCUT2D eigenvalue weighted by Crippen LogP contribution is 2.25. The van der Waals surface area contributed by atoms with Crippen LogP contribution in [0.4, 0.5) is 5.82 Å². The first kappa shape index (κ1) is 12.4. The molecule has 0 unspecified atom stereocenters. The lowest BCUT2D eigenvalue weighted by atomic mass is 10.1. The monoisotopic (exact) mass is 265 g/mol. The first-order chi connectivity index (χ1) is 9.72. The number of nitrogens with zero attached hydrogens (tertiary/aromatic N) is 2. The van der Waals surface area contributed by atoms with Crippen molar-refractivity contribution < 1.29 is 4.74 Å². The van der Waals surface area contributed by atoms with Crippen molar-refractivity contribution in [3.63, 3.8) is 0 Å². The summed E-state index contributed by atoms with van der Waals surface area (Å²) in [4.78, 5) is 8.48. The number of aryl methyl sites for hydroxylation is 1. The summed E-state index contributed by atoms with van der Waals surface area (Å²) in [6, 6.07) is 15.8. The van der Waals surface area contributed by atoms with E-state index >= 15 is 0 Å². The highest BCUT2D eigenvalue weighted by Gasteiger charge is 2.04. The quantitative estimate of drug-likeness (QED) is 0.790. The molecular formula is C16H15N3O. The molecule has 0 saturated heterocycles. The number of benzene rings is 2. The van der Waals surface area contributed by atoms with Crippen LogP contribution in [0, 0.1) is 6.92 Å². The van der Waals surface area contributed by atoms with Gasteiger partial charge in [0.05, 0.1) is 0 Å². The van der Waals surface area contributed by atoms with Gasteiger partial charge in [-0.2, -0.15) is 0 Å². The summed E-state index contributed by atoms with van der Waals surface area (Å²) in [5.74, 6) is 1.89. The molecule has 0 fully saturated rings. The van der Waals surface area contributed by atoms with E-state index in [4.69, 9.17) is 10.5 Å². The zero-order chi connectivity index (χ0) is 13.9. The van der Waals surface area contributed by atoms with Gasteiger partial charge in [-0.1, -0.05) is 36.4 Å². The van der Waals surface area contributed by atoms with Gasteiger partial charge in [0.25, 0.3) is 0 Å². The van der Waals surface area contributed by atoms with Crippen molar-refractivity contribution in [1.82, 2.24) is 9.97 Å². The zero-order valence-electron chi connectivity index (χ0n) is 11.2. The second-order valence-electron chi connectivity index (χ2n) is 4.62. The number of hydrogen-bond donors (Lipinski definition) is 1. The van der Waals surface area contributed by atoms with Gasteiger partial charge >= 0.3 is 0 Å². The molecule has 3 rings (SSSR count). The number of nitrogens with two attached hydrogens (primary N) is 1. The van der Waals surface area contributed by atoms with Gasteiger partial charge in [0.15, 0.2) is 5.82 Å². The fraction of sp³-hybridized carbons (Fsp3) is 0.125. The second-order valence-corrected chi connectivity index (χ2v) is 4.62. The van der Waals surface area contributed by atoms with Gasteiger partial charge in [0.2, 0.25) is 0 Å². The van der Waals surface area contributed by atoms with Gasteiger partial charge in [0, 0.05) is 17.1 Å². The SMILES string of the molecule is Cc1cc(N)nc(COc2cccc3ccccc23)n1. The predicted molar refractivity (Wildman–Crippen MR) is 79.5 cm³/mol. The third-order valence-electron chi connectivity index (χ3n) is 3.03. The molecule has 0 spiro atoms. The molecule has 1 aromatic heterocycles. The first-order valence-electron chi connectivity index (χ1n) is 6.43. The topological polar surface area (TPSA) is 61.0 Å². The van der Waals surface area contributed by atoms with Crippen LogP contribution in [0.3, 0.4) is 0 Å². The summed E-state index contributed by atoms with van der Waals surface area (Å²) >= 11 is 0. The summed E-state index contributed by atoms with van der Waals surface area (Å²) in [7, 11) is 0. The smallest absolute Gasteiger partial charge is 0.168 e. The summed E-state index contributed by atoms with van der Waals surface area (Å²) < 4.78 is 5.83. The lowest BCUT2D eigenvalue weighted by Gasteiger charge is -2.09. The number of ether oxygens (including phenoxy) is 1. The molecule has 2 aromatic carbocycles. The summed E-state index contributed by atoms with van der Waals surface area (Å²) in [5, 5.41) is 2.23. The molecule has 0 aliphatic carbocycles. The van der Waals surface area contributed by atoms with Crippen molar-refractivity contribution in [3.8, 4) is 5.75 Å². The van der Waals surface area contributed by atoms with E-state index < -0.39 is 0 Å². The maximum absolute atomic E-state index is 5.83. The number of nitrogen functional groups attached to an aromatic ring is 1. The van der Waals surface area contributed by atoms with Gasteiger partial charge in [-0.25, -0.2) is 9.97 Å². The first-order valence-corrected chi connectivity index (χ1v) is 6.43. The van der Waals surface area contributed by atoms with Crippen LogP contribution >= 0.6 is 0 Å². The molecule has 0 saturated carbocycles. The number of anilines is 1. The van der Waals surface area contributed by atoms with Crippen LogP contribution in [0.15, 0.2) is 48.5 Å². The van der Waals surface area contributed by atoms with E-state index in [1.54, 1.807) is 6.07 Å². The van der Waals surface area contributed by atoms with Crippen LogP contribution in [-0.2, 0) is 6.61 Å². The molecule has 1 heterocycles. The molecule has 2 N–H and O–H groups in total. The molecule has 100 valence electrons. The Bertz CT molecular complexity index is 730. The van der Waals surface area contributed by atoms with Crippen molar-refractivity contribution in [2.45, 2.75) is 13.5 Å². The van der Waals surface area contributed by atoms with Gasteiger partial charge in [-0.05, 0) is 18.4 Å². The standard InChI is InChI=1S/C16H15N3O/c1-11-9-15(17)19-16(18-11)10-20-14-8-4-6-12-5-2-3-7-13(12)14/h2-9H,10H2,1H3,(H2,17,18,19). The largest absolute Gasteiger partial charge is 0.485 e. The zero-order valence-corrected chi connectivity index (χ0v) is 11.2. The summed E-state index contributed by atoms with van der Waals surface area (Å²) in [5.41, 5.74) is 6.55. The van der Waals surface area contributed by atoms with Crippen LogP contribution in [0.1, 0.15) is 11.5 Å². The Morgan fingerprint density at radius 2 is 1.85 bits per heavy atom. The van der Waals surface area contributed by atoms with E-state index in [0.29, 0.717) is 18.2 Å². The van der Waals surface area contributed by atoms with Crippen molar-refractivity contribution >= 4 is 16.6 Å². The number of rotatable bonds is 3. The van der Waals surface area contributed by atoms with Crippen molar-refractivity contribution in [3.05, 3.63) is 60.0 Å². The molecule has 0 amide bonds. The lowest BCUT2D eigenvalue weighted by Crippen LogP contribution is -2.05. The fourth-order valence-corrected chi connectivity index (χ4v) is 2.18. The van der Waals surface area contributed by atoms with Crippen molar-refractivity contribution in [2.24, 2.45) is 0 Å². The minimum absolute atomic E-state index is 0.305. The Labute approximate surface area is 117 Å². The summed E-state index contributed by atoms with van der Waals surface area (Å²) in [6.07, 6.45) is 0. The second kappa shape index (κ2) is 5.17. The fourth-order valence-electron chi connectivity index (χ4n) is 2.18. The Hall–Kier alpha value is -2.62. The Morgan fingerprint density at radius 3 is 2.70 bits per heavy atom. The Morgan fingerprint density at radius 1 is 1.05 bits per heavy atom. The summed E-state index contributed by atoms with van der Waals surface area (Å²) in [6.45, 7) is 2.19. The Balaban J connectivity index is 1.87. The highest BCUT2D eigenvalue weighted by atomic mass is 16.5. The van der Waals surface area contributed by atoms with Gasteiger partial charge in [0.1, 0.15) is 18.2 Å². The maximum Gasteiger partial charge on any atom is 0.168 e. The van der Waals surface area contributed by atoms with Gasteiger partial charge < -0.3 is 10.5 Å². The van der Waals surface area contributed by atoms with Gasteiger partial charge in [-0.15, -0.1) is 0 Å². The van der Waals surface area contributed by atoms with E-state index in [9.17, 15) is 0 Å². The predicted octanol–water partition coefficient (Wildman–Crippen LogP) is 3.10.